The number of nitrogens with zero attached hydrogens (tertiary/aromatic N) is 3. The molecule has 0 fully saturated rings. The second kappa shape index (κ2) is 7.57. The van der Waals surface area contributed by atoms with Gasteiger partial charge in [-0.1, -0.05) is 6.07 Å². The van der Waals surface area contributed by atoms with Crippen LogP contribution in [-0.4, -0.2) is 18.5 Å². The molecule has 0 amide bonds. The van der Waals surface area contributed by atoms with Crippen molar-refractivity contribution in [2.24, 2.45) is 11.7 Å². The van der Waals surface area contributed by atoms with Gasteiger partial charge in [0.2, 0.25) is 6.79 Å². The lowest BCUT2D eigenvalue weighted by molar-refractivity contribution is -0.394. The average Bonchev–Trinajstić information content (AvgIpc) is 3.14. The molecule has 1 aromatic carbocycles. The SMILES string of the molecule is CC1(C)OC(=O)C([C@H](c2ccc3c(c2)OCO3)[C@@H](C#N)C(N)=C(C#N)C#N)=C([O-])O1. The van der Waals surface area contributed by atoms with Gasteiger partial charge in [0.15, 0.2) is 17.3 Å². The molecule has 2 heterocycles. The van der Waals surface area contributed by atoms with Crippen LogP contribution in [0.4, 0.5) is 0 Å². The van der Waals surface area contributed by atoms with E-state index in [4.69, 9.17) is 35.2 Å². The number of esters is 1. The number of carbonyl (C=O) groups excluding carboxylic acids is 1. The Morgan fingerprint density at radius 2 is 1.83 bits per heavy atom. The Kier molecular flexibility index (Phi) is 5.14. The maximum absolute atomic E-state index is 12.7. The van der Waals surface area contributed by atoms with Crippen molar-refractivity contribution >= 4 is 5.97 Å². The topological polar surface area (TPSA) is 174 Å². The van der Waals surface area contributed by atoms with E-state index in [9.17, 15) is 15.2 Å². The van der Waals surface area contributed by atoms with Crippen LogP contribution in [0, 0.1) is 39.9 Å². The summed E-state index contributed by atoms with van der Waals surface area (Å²) in [4.78, 5) is 12.7. The minimum Gasteiger partial charge on any atom is -0.575 e. The van der Waals surface area contributed by atoms with Crippen molar-refractivity contribution in [2.75, 3.05) is 6.79 Å². The fourth-order valence-electron chi connectivity index (χ4n) is 3.18. The van der Waals surface area contributed by atoms with Crippen LogP contribution >= 0.6 is 0 Å². The number of rotatable bonds is 4. The molecule has 0 unspecified atom stereocenters. The Bertz CT molecular complexity index is 1080. The van der Waals surface area contributed by atoms with Crippen LogP contribution in [0.5, 0.6) is 11.5 Å². The van der Waals surface area contributed by atoms with Crippen LogP contribution in [0.2, 0.25) is 0 Å². The summed E-state index contributed by atoms with van der Waals surface area (Å²) in [6.07, 6.45) is 0. The monoisotopic (exact) mass is 407 g/mol. The molecule has 0 saturated heterocycles. The number of carbonyl (C=O) groups is 1. The van der Waals surface area contributed by atoms with Gasteiger partial charge in [0.25, 0.3) is 0 Å². The van der Waals surface area contributed by atoms with E-state index in [1.54, 1.807) is 18.2 Å². The molecule has 3 rings (SSSR count). The summed E-state index contributed by atoms with van der Waals surface area (Å²) in [7, 11) is 0. The molecule has 0 saturated carbocycles. The highest BCUT2D eigenvalue weighted by Gasteiger charge is 2.40. The van der Waals surface area contributed by atoms with E-state index in [-0.39, 0.29) is 18.1 Å². The fourth-order valence-corrected chi connectivity index (χ4v) is 3.18. The molecule has 2 aliphatic heterocycles. The summed E-state index contributed by atoms with van der Waals surface area (Å²) < 4.78 is 20.9. The summed E-state index contributed by atoms with van der Waals surface area (Å²) >= 11 is 0. The van der Waals surface area contributed by atoms with E-state index in [0.717, 1.165) is 0 Å². The van der Waals surface area contributed by atoms with Gasteiger partial charge in [0, 0.05) is 5.92 Å². The summed E-state index contributed by atoms with van der Waals surface area (Å²) in [5.74, 6) is -5.44. The molecule has 0 aliphatic carbocycles. The first kappa shape index (κ1) is 20.4. The van der Waals surface area contributed by atoms with E-state index in [0.29, 0.717) is 11.5 Å². The molecule has 0 spiro atoms. The molecule has 2 atom stereocenters. The van der Waals surface area contributed by atoms with Crippen molar-refractivity contribution in [1.82, 2.24) is 0 Å². The predicted molar refractivity (Wildman–Crippen MR) is 95.1 cm³/mol. The quantitative estimate of drug-likeness (QED) is 0.554. The lowest BCUT2D eigenvalue weighted by Crippen LogP contribution is -2.42. The van der Waals surface area contributed by atoms with Gasteiger partial charge in [-0.05, 0) is 31.5 Å². The molecular weight excluding hydrogens is 392 g/mol. The van der Waals surface area contributed by atoms with Gasteiger partial charge in [-0.15, -0.1) is 0 Å². The van der Waals surface area contributed by atoms with E-state index in [1.807, 2.05) is 6.07 Å². The third-order valence-electron chi connectivity index (χ3n) is 4.50. The molecule has 10 heteroatoms. The first-order valence-corrected chi connectivity index (χ1v) is 8.65. The summed E-state index contributed by atoms with van der Waals surface area (Å²) in [5, 5.41) is 40.8. The zero-order chi connectivity index (χ0) is 22.1. The molecule has 10 nitrogen and oxygen atoms in total. The van der Waals surface area contributed by atoms with E-state index in [1.165, 1.54) is 26.0 Å². The molecule has 1 aromatic rings. The van der Waals surface area contributed by atoms with Gasteiger partial charge in [-0.25, -0.2) is 4.79 Å². The van der Waals surface area contributed by atoms with Gasteiger partial charge in [-0.3, -0.25) is 0 Å². The van der Waals surface area contributed by atoms with Crippen LogP contribution in [0.25, 0.3) is 0 Å². The van der Waals surface area contributed by atoms with E-state index < -0.39 is 40.7 Å². The first-order chi connectivity index (χ1) is 14.2. The minimum absolute atomic E-state index is 0.0188. The lowest BCUT2D eigenvalue weighted by atomic mass is 9.78. The van der Waals surface area contributed by atoms with Gasteiger partial charge in [0.1, 0.15) is 17.7 Å². The Balaban J connectivity index is 2.24. The number of hydrogen-bond acceptors (Lipinski definition) is 10. The van der Waals surface area contributed by atoms with E-state index in [2.05, 4.69) is 0 Å². The van der Waals surface area contributed by atoms with Crippen molar-refractivity contribution in [1.29, 1.82) is 15.8 Å². The fraction of sp³-hybridized carbons (Fsp3) is 0.300. The number of hydrogen-bond donors (Lipinski definition) is 1. The summed E-state index contributed by atoms with van der Waals surface area (Å²) in [5.41, 5.74) is 4.84. The van der Waals surface area contributed by atoms with Crippen LogP contribution in [-0.2, 0) is 14.3 Å². The van der Waals surface area contributed by atoms with Gasteiger partial charge < -0.3 is 29.8 Å². The molecule has 30 heavy (non-hydrogen) atoms. The average molecular weight is 407 g/mol. The lowest BCUT2D eigenvalue weighted by Gasteiger charge is -2.41. The van der Waals surface area contributed by atoms with Crippen molar-refractivity contribution in [2.45, 2.75) is 25.6 Å². The van der Waals surface area contributed by atoms with Gasteiger partial charge in [0.05, 0.1) is 29.2 Å². The summed E-state index contributed by atoms with van der Waals surface area (Å²) in [6.45, 7) is 2.75. The van der Waals surface area contributed by atoms with Crippen molar-refractivity contribution in [3.8, 4) is 29.7 Å². The molecule has 0 aromatic heterocycles. The standard InChI is InChI=1S/C20H16N4O6/c1-20(2)29-18(25)16(19(26)30-20)15(12(8-23)17(24)11(6-21)7-22)10-3-4-13-14(5-10)28-9-27-13/h3-5,12,15,25H,9,24H2,1-2H3/p-1/t12-,15-/m1/s1. The Hall–Kier alpha value is -4.36. The number of benzene rings is 1. The predicted octanol–water partition coefficient (Wildman–Crippen LogP) is 0.780. The molecule has 0 radical (unpaired) electrons. The highest BCUT2D eigenvalue weighted by molar-refractivity contribution is 5.91. The van der Waals surface area contributed by atoms with Crippen LogP contribution in [0.3, 0.4) is 0 Å². The van der Waals surface area contributed by atoms with Crippen molar-refractivity contribution < 1.29 is 28.8 Å². The highest BCUT2D eigenvalue weighted by atomic mass is 16.8. The highest BCUT2D eigenvalue weighted by Crippen LogP contribution is 2.43. The minimum atomic E-state index is -1.49. The second-order valence-corrected chi connectivity index (χ2v) is 6.84. The number of allylic oxidation sites excluding steroid dienone is 2. The van der Waals surface area contributed by atoms with Crippen LogP contribution < -0.4 is 20.3 Å². The number of nitriles is 3. The summed E-state index contributed by atoms with van der Waals surface area (Å²) in [6, 6.07) is 9.64. The van der Waals surface area contributed by atoms with Crippen molar-refractivity contribution in [3.05, 3.63) is 46.6 Å². The third kappa shape index (κ3) is 3.52. The van der Waals surface area contributed by atoms with Gasteiger partial charge in [-0.2, -0.15) is 15.8 Å². The zero-order valence-electron chi connectivity index (χ0n) is 16.0. The zero-order valence-corrected chi connectivity index (χ0v) is 16.0. The molecular formula is C20H15N4O6-. The number of cyclic esters (lactones) is 1. The number of ether oxygens (including phenoxy) is 4. The Morgan fingerprint density at radius 3 is 2.43 bits per heavy atom. The molecule has 2 N–H and O–H groups in total. The molecule has 0 bridgehead atoms. The molecule has 2 aliphatic rings. The largest absolute Gasteiger partial charge is 0.575 e. The van der Waals surface area contributed by atoms with Crippen LogP contribution in [0.15, 0.2) is 41.0 Å². The number of nitrogens with two attached hydrogens (primary N) is 1. The third-order valence-corrected chi connectivity index (χ3v) is 4.50. The Labute approximate surface area is 171 Å². The van der Waals surface area contributed by atoms with Gasteiger partial charge >= 0.3 is 5.97 Å². The van der Waals surface area contributed by atoms with Crippen LogP contribution in [0.1, 0.15) is 25.3 Å². The maximum Gasteiger partial charge on any atom is 0.337 e. The van der Waals surface area contributed by atoms with Crippen molar-refractivity contribution in [3.63, 3.8) is 0 Å². The second-order valence-electron chi connectivity index (χ2n) is 6.84. The van der Waals surface area contributed by atoms with E-state index >= 15 is 0 Å². The first-order valence-electron chi connectivity index (χ1n) is 8.65. The maximum atomic E-state index is 12.7. The smallest absolute Gasteiger partial charge is 0.337 e. The molecule has 152 valence electrons. The number of fused-ring (bicyclic) bond motifs is 1. The normalized spacial score (nSPS) is 18.0. The Morgan fingerprint density at radius 1 is 1.17 bits per heavy atom.